The molecular formula is C11H22N4. The minimum Gasteiger partial charge on any atom is -0.312 e. The lowest BCUT2D eigenvalue weighted by Crippen LogP contribution is -2.39. The Bertz CT molecular complexity index is 245. The van der Waals surface area contributed by atoms with Gasteiger partial charge in [0.05, 0.1) is 6.54 Å². The van der Waals surface area contributed by atoms with Crippen molar-refractivity contribution in [2.24, 2.45) is 5.92 Å². The number of hydrogen-bond donors (Lipinski definition) is 1. The zero-order valence-electron chi connectivity index (χ0n) is 9.98. The molecule has 86 valence electrons. The fraction of sp³-hybridized carbons (Fsp3) is 0.818. The first-order chi connectivity index (χ1) is 7.27. The second kappa shape index (κ2) is 6.56. The van der Waals surface area contributed by atoms with Crippen LogP contribution in [0.3, 0.4) is 0 Å². The van der Waals surface area contributed by atoms with Crippen LogP contribution < -0.4 is 5.32 Å². The van der Waals surface area contributed by atoms with E-state index < -0.39 is 0 Å². The Kier molecular flexibility index (Phi) is 5.32. The number of nitrogens with one attached hydrogen (secondary N) is 1. The number of nitrogens with zero attached hydrogens (tertiary/aromatic N) is 3. The van der Waals surface area contributed by atoms with E-state index in [0.717, 1.165) is 13.1 Å². The molecule has 0 radical (unpaired) electrons. The van der Waals surface area contributed by atoms with E-state index in [9.17, 15) is 0 Å². The predicted octanol–water partition coefficient (Wildman–Crippen LogP) is 1.69. The summed E-state index contributed by atoms with van der Waals surface area (Å²) in [5.41, 5.74) is 0. The first-order valence-electron chi connectivity index (χ1n) is 5.83. The van der Waals surface area contributed by atoms with Crippen LogP contribution in [0.1, 0.15) is 33.6 Å². The average Bonchev–Trinajstić information content (AvgIpc) is 2.75. The summed E-state index contributed by atoms with van der Waals surface area (Å²) in [7, 11) is 0. The summed E-state index contributed by atoms with van der Waals surface area (Å²) < 4.78 is 1.90. The van der Waals surface area contributed by atoms with E-state index in [-0.39, 0.29) is 0 Å². The number of aromatic nitrogens is 3. The summed E-state index contributed by atoms with van der Waals surface area (Å²) in [6, 6.07) is 0.497. The molecule has 4 nitrogen and oxygen atoms in total. The molecule has 0 amide bonds. The zero-order valence-corrected chi connectivity index (χ0v) is 9.98. The van der Waals surface area contributed by atoms with Crippen LogP contribution in [0.4, 0.5) is 0 Å². The van der Waals surface area contributed by atoms with Gasteiger partial charge in [0, 0.05) is 6.04 Å². The highest BCUT2D eigenvalue weighted by molar-refractivity contribution is 4.73. The van der Waals surface area contributed by atoms with Crippen LogP contribution in [-0.2, 0) is 6.54 Å². The van der Waals surface area contributed by atoms with Crippen LogP contribution in [-0.4, -0.2) is 27.4 Å². The minimum absolute atomic E-state index is 0.497. The molecule has 1 rings (SSSR count). The monoisotopic (exact) mass is 210 g/mol. The lowest BCUT2D eigenvalue weighted by molar-refractivity contribution is 0.319. The second-order valence-electron chi connectivity index (χ2n) is 4.06. The first-order valence-corrected chi connectivity index (χ1v) is 5.83. The van der Waals surface area contributed by atoms with Gasteiger partial charge in [-0.2, -0.15) is 5.10 Å². The molecule has 0 fully saturated rings. The fourth-order valence-corrected chi connectivity index (χ4v) is 1.59. The highest BCUT2D eigenvalue weighted by atomic mass is 15.3. The molecule has 4 heteroatoms. The Morgan fingerprint density at radius 3 is 2.73 bits per heavy atom. The number of hydrogen-bond acceptors (Lipinski definition) is 3. The van der Waals surface area contributed by atoms with Crippen molar-refractivity contribution in [3.8, 4) is 0 Å². The van der Waals surface area contributed by atoms with Crippen molar-refractivity contribution < 1.29 is 0 Å². The van der Waals surface area contributed by atoms with Crippen LogP contribution in [0.25, 0.3) is 0 Å². The van der Waals surface area contributed by atoms with Gasteiger partial charge in [0.25, 0.3) is 0 Å². The van der Waals surface area contributed by atoms with Crippen molar-refractivity contribution >= 4 is 0 Å². The van der Waals surface area contributed by atoms with Crippen LogP contribution in [0, 0.1) is 5.92 Å². The molecule has 1 N–H and O–H groups in total. The van der Waals surface area contributed by atoms with Crippen LogP contribution in [0.2, 0.25) is 0 Å². The normalized spacial score (nSPS) is 15.1. The average molecular weight is 210 g/mol. The maximum Gasteiger partial charge on any atom is 0.137 e. The maximum atomic E-state index is 4.15. The van der Waals surface area contributed by atoms with Gasteiger partial charge in [-0.3, -0.25) is 4.68 Å². The van der Waals surface area contributed by atoms with Gasteiger partial charge in [0.1, 0.15) is 12.7 Å². The SMILES string of the molecule is CCCNC(Cn1cncn1)C(C)CC. The minimum atomic E-state index is 0.497. The molecular weight excluding hydrogens is 188 g/mol. The van der Waals surface area contributed by atoms with Gasteiger partial charge >= 0.3 is 0 Å². The van der Waals surface area contributed by atoms with Crippen molar-refractivity contribution in [3.05, 3.63) is 12.7 Å². The Morgan fingerprint density at radius 2 is 2.20 bits per heavy atom. The molecule has 0 saturated heterocycles. The summed E-state index contributed by atoms with van der Waals surface area (Å²) in [5.74, 6) is 0.667. The van der Waals surface area contributed by atoms with E-state index >= 15 is 0 Å². The molecule has 2 atom stereocenters. The Labute approximate surface area is 92.1 Å². The van der Waals surface area contributed by atoms with E-state index in [1.165, 1.54) is 12.8 Å². The quantitative estimate of drug-likeness (QED) is 0.744. The first kappa shape index (κ1) is 12.2. The molecule has 1 aromatic heterocycles. The molecule has 0 aliphatic rings. The molecule has 1 aromatic rings. The standard InChI is InChI=1S/C11H22N4/c1-4-6-13-11(10(3)5-2)7-15-9-12-8-14-15/h8-11,13H,4-7H2,1-3H3. The van der Waals surface area contributed by atoms with Crippen LogP contribution in [0.5, 0.6) is 0 Å². The van der Waals surface area contributed by atoms with Gasteiger partial charge in [-0.15, -0.1) is 0 Å². The lowest BCUT2D eigenvalue weighted by atomic mass is 9.99. The van der Waals surface area contributed by atoms with E-state index in [1.54, 1.807) is 12.7 Å². The summed E-state index contributed by atoms with van der Waals surface area (Å²) in [6.45, 7) is 8.69. The largest absolute Gasteiger partial charge is 0.312 e. The van der Waals surface area contributed by atoms with E-state index in [2.05, 4.69) is 36.2 Å². The molecule has 0 aliphatic heterocycles. The molecule has 0 spiro atoms. The second-order valence-corrected chi connectivity index (χ2v) is 4.06. The fourth-order valence-electron chi connectivity index (χ4n) is 1.59. The predicted molar refractivity (Wildman–Crippen MR) is 61.6 cm³/mol. The van der Waals surface area contributed by atoms with Crippen LogP contribution >= 0.6 is 0 Å². The summed E-state index contributed by atoms with van der Waals surface area (Å²) in [6.07, 6.45) is 5.73. The lowest BCUT2D eigenvalue weighted by Gasteiger charge is -2.24. The van der Waals surface area contributed by atoms with Gasteiger partial charge in [0.15, 0.2) is 0 Å². The highest BCUT2D eigenvalue weighted by Gasteiger charge is 2.15. The van der Waals surface area contributed by atoms with Gasteiger partial charge in [-0.05, 0) is 18.9 Å². The van der Waals surface area contributed by atoms with Gasteiger partial charge in [-0.1, -0.05) is 27.2 Å². The molecule has 15 heavy (non-hydrogen) atoms. The Hall–Kier alpha value is -0.900. The van der Waals surface area contributed by atoms with E-state index in [0.29, 0.717) is 12.0 Å². The topological polar surface area (TPSA) is 42.7 Å². The van der Waals surface area contributed by atoms with Crippen molar-refractivity contribution in [1.82, 2.24) is 20.1 Å². The third kappa shape index (κ3) is 4.00. The van der Waals surface area contributed by atoms with E-state index in [4.69, 9.17) is 0 Å². The van der Waals surface area contributed by atoms with E-state index in [1.807, 2.05) is 4.68 Å². The smallest absolute Gasteiger partial charge is 0.137 e. The van der Waals surface area contributed by atoms with Crippen molar-refractivity contribution in [2.45, 2.75) is 46.2 Å². The van der Waals surface area contributed by atoms with Crippen molar-refractivity contribution in [3.63, 3.8) is 0 Å². The molecule has 0 aliphatic carbocycles. The van der Waals surface area contributed by atoms with Crippen molar-refractivity contribution in [2.75, 3.05) is 6.54 Å². The molecule has 2 unspecified atom stereocenters. The maximum absolute atomic E-state index is 4.15. The highest BCUT2D eigenvalue weighted by Crippen LogP contribution is 2.09. The van der Waals surface area contributed by atoms with Crippen molar-refractivity contribution in [1.29, 1.82) is 0 Å². The summed E-state index contributed by atoms with van der Waals surface area (Å²) >= 11 is 0. The van der Waals surface area contributed by atoms with Gasteiger partial charge in [-0.25, -0.2) is 4.98 Å². The van der Waals surface area contributed by atoms with Gasteiger partial charge in [0.2, 0.25) is 0 Å². The zero-order chi connectivity index (χ0) is 11.1. The molecule has 0 bridgehead atoms. The number of rotatable bonds is 7. The third-order valence-electron chi connectivity index (χ3n) is 2.84. The molecule has 0 saturated carbocycles. The van der Waals surface area contributed by atoms with Gasteiger partial charge < -0.3 is 5.32 Å². The third-order valence-corrected chi connectivity index (χ3v) is 2.84. The summed E-state index contributed by atoms with van der Waals surface area (Å²) in [5, 5.41) is 7.72. The van der Waals surface area contributed by atoms with Crippen LogP contribution in [0.15, 0.2) is 12.7 Å². The summed E-state index contributed by atoms with van der Waals surface area (Å²) in [4.78, 5) is 3.96. The Morgan fingerprint density at radius 1 is 1.40 bits per heavy atom. The molecule has 0 aromatic carbocycles. The Balaban J connectivity index is 2.48. The molecule has 1 heterocycles.